The summed E-state index contributed by atoms with van der Waals surface area (Å²) >= 11 is 5.96. The van der Waals surface area contributed by atoms with Gasteiger partial charge >= 0.3 is 11.1 Å². The molecule has 1 amide bonds. The Labute approximate surface area is 191 Å². The first-order valence-corrected chi connectivity index (χ1v) is 11.3. The normalized spacial score (nSPS) is 16.5. The molecule has 1 fully saturated rings. The van der Waals surface area contributed by atoms with Crippen molar-refractivity contribution < 1.29 is 4.79 Å². The summed E-state index contributed by atoms with van der Waals surface area (Å²) in [5.41, 5.74) is 0.655. The van der Waals surface area contributed by atoms with Crippen LogP contribution in [0.3, 0.4) is 0 Å². The van der Waals surface area contributed by atoms with Crippen molar-refractivity contribution in [3.8, 4) is 0 Å². The van der Waals surface area contributed by atoms with E-state index in [9.17, 15) is 14.4 Å². The van der Waals surface area contributed by atoms with Crippen LogP contribution < -0.4 is 16.4 Å². The van der Waals surface area contributed by atoms with E-state index < -0.39 is 11.1 Å². The van der Waals surface area contributed by atoms with Crippen molar-refractivity contribution in [3.05, 3.63) is 79.8 Å². The molecule has 0 saturated carbocycles. The second-order valence-corrected chi connectivity index (χ2v) is 8.56. The van der Waals surface area contributed by atoms with Crippen molar-refractivity contribution in [2.75, 3.05) is 19.6 Å². The number of likely N-dealkylation sites (tertiary alicyclic amines) is 1. The van der Waals surface area contributed by atoms with Crippen LogP contribution in [0, 0.1) is 0 Å². The highest BCUT2D eigenvalue weighted by Gasteiger charge is 2.23. The smallest absolute Gasteiger partial charge is 0.317 e. The molecule has 1 aromatic heterocycles. The Morgan fingerprint density at radius 3 is 2.38 bits per heavy atom. The molecule has 0 spiro atoms. The number of fused-ring (bicyclic) bond motifs is 1. The average molecular weight is 455 g/mol. The van der Waals surface area contributed by atoms with Gasteiger partial charge in [-0.2, -0.15) is 0 Å². The number of para-hydroxylation sites is 2. The molecule has 1 saturated heterocycles. The maximum atomic E-state index is 13.0. The van der Waals surface area contributed by atoms with Crippen LogP contribution in [-0.4, -0.2) is 45.6 Å². The van der Waals surface area contributed by atoms with Gasteiger partial charge in [-0.3, -0.25) is 28.4 Å². The molecule has 4 rings (SSSR count). The highest BCUT2D eigenvalue weighted by Crippen LogP contribution is 2.16. The zero-order chi connectivity index (χ0) is 22.7. The Morgan fingerprint density at radius 1 is 1.03 bits per heavy atom. The van der Waals surface area contributed by atoms with Gasteiger partial charge in [-0.05, 0) is 55.8 Å². The fourth-order valence-corrected chi connectivity index (χ4v) is 4.56. The lowest BCUT2D eigenvalue weighted by Gasteiger charge is -2.23. The van der Waals surface area contributed by atoms with Gasteiger partial charge in [0.1, 0.15) is 6.54 Å². The van der Waals surface area contributed by atoms with Gasteiger partial charge in [-0.15, -0.1) is 0 Å². The van der Waals surface area contributed by atoms with Crippen LogP contribution in [0.25, 0.3) is 11.0 Å². The van der Waals surface area contributed by atoms with Gasteiger partial charge in [0, 0.05) is 17.6 Å². The monoisotopic (exact) mass is 454 g/mol. The summed E-state index contributed by atoms with van der Waals surface area (Å²) in [5, 5.41) is 3.55. The molecule has 2 heterocycles. The average Bonchev–Trinajstić information content (AvgIpc) is 3.27. The molecule has 32 heavy (non-hydrogen) atoms. The first-order valence-electron chi connectivity index (χ1n) is 11.0. The minimum atomic E-state index is -0.705. The van der Waals surface area contributed by atoms with E-state index in [1.807, 2.05) is 18.2 Å². The molecule has 8 heteroatoms. The molecule has 3 aromatic rings. The molecular weight excluding hydrogens is 428 g/mol. The van der Waals surface area contributed by atoms with E-state index in [4.69, 9.17) is 11.6 Å². The summed E-state index contributed by atoms with van der Waals surface area (Å²) in [6, 6.07) is 14.6. The Hall–Kier alpha value is -2.90. The lowest BCUT2D eigenvalue weighted by molar-refractivity contribution is -0.121. The van der Waals surface area contributed by atoms with Gasteiger partial charge < -0.3 is 5.32 Å². The fourth-order valence-electron chi connectivity index (χ4n) is 4.43. The fraction of sp³-hybridized carbons (Fsp3) is 0.375. The number of carbonyl (C=O) groups excluding carboxylic acids is 1. The van der Waals surface area contributed by atoms with Crippen LogP contribution in [0.1, 0.15) is 25.3 Å². The third kappa shape index (κ3) is 4.64. The number of carbonyl (C=O) groups is 1. The van der Waals surface area contributed by atoms with E-state index in [2.05, 4.69) is 17.1 Å². The summed E-state index contributed by atoms with van der Waals surface area (Å²) in [7, 11) is 0. The maximum Gasteiger partial charge on any atom is 0.317 e. The molecule has 1 aliphatic rings. The summed E-state index contributed by atoms with van der Waals surface area (Å²) < 4.78 is 2.73. The van der Waals surface area contributed by atoms with E-state index in [0.29, 0.717) is 28.6 Å². The number of likely N-dealkylation sites (N-methyl/N-ethyl adjacent to an activating group) is 1. The summed E-state index contributed by atoms with van der Waals surface area (Å²) in [4.78, 5) is 40.9. The molecule has 168 valence electrons. The molecule has 0 bridgehead atoms. The van der Waals surface area contributed by atoms with Crippen molar-refractivity contribution in [2.24, 2.45) is 0 Å². The van der Waals surface area contributed by atoms with Crippen LogP contribution in [0.5, 0.6) is 0 Å². The van der Waals surface area contributed by atoms with E-state index in [-0.39, 0.29) is 19.0 Å². The van der Waals surface area contributed by atoms with Crippen LogP contribution in [0.2, 0.25) is 5.02 Å². The molecular formula is C24H27ClN4O3. The summed E-state index contributed by atoms with van der Waals surface area (Å²) in [6.45, 7) is 4.73. The Morgan fingerprint density at radius 2 is 1.69 bits per heavy atom. The molecule has 0 unspecified atom stereocenters. The van der Waals surface area contributed by atoms with Gasteiger partial charge in [-0.25, -0.2) is 0 Å². The molecule has 0 aliphatic carbocycles. The predicted octanol–water partition coefficient (Wildman–Crippen LogP) is 2.47. The first-order chi connectivity index (χ1) is 15.5. The minimum absolute atomic E-state index is 0.185. The van der Waals surface area contributed by atoms with E-state index in [1.165, 1.54) is 9.13 Å². The highest BCUT2D eigenvalue weighted by molar-refractivity contribution is 6.30. The molecule has 7 nitrogen and oxygen atoms in total. The largest absolute Gasteiger partial charge is 0.353 e. The molecule has 1 N–H and O–H groups in total. The van der Waals surface area contributed by atoms with Gasteiger partial charge in [0.2, 0.25) is 5.91 Å². The van der Waals surface area contributed by atoms with Crippen LogP contribution in [0.15, 0.2) is 58.1 Å². The number of hydrogen-bond acceptors (Lipinski definition) is 4. The Bertz CT molecular complexity index is 1230. The molecule has 1 atom stereocenters. The second kappa shape index (κ2) is 9.71. The van der Waals surface area contributed by atoms with E-state index in [0.717, 1.165) is 31.5 Å². The number of benzene rings is 2. The minimum Gasteiger partial charge on any atom is -0.353 e. The van der Waals surface area contributed by atoms with Crippen molar-refractivity contribution in [1.82, 2.24) is 19.4 Å². The molecule has 0 radical (unpaired) electrons. The SMILES string of the molecule is CCN1CCC[C@@H]1CNC(=O)Cn1c(=O)c(=O)n(Cc2ccc(Cl)cc2)c2ccccc21. The number of nitrogens with zero attached hydrogens (tertiary/aromatic N) is 3. The van der Waals surface area contributed by atoms with E-state index in [1.54, 1.807) is 30.3 Å². The van der Waals surface area contributed by atoms with Crippen LogP contribution in [0.4, 0.5) is 0 Å². The van der Waals surface area contributed by atoms with Crippen molar-refractivity contribution in [3.63, 3.8) is 0 Å². The number of nitrogens with one attached hydrogen (secondary N) is 1. The molecule has 1 aliphatic heterocycles. The number of aromatic nitrogens is 2. The third-order valence-corrected chi connectivity index (χ3v) is 6.38. The summed E-state index contributed by atoms with van der Waals surface area (Å²) in [6.07, 6.45) is 2.18. The Kier molecular flexibility index (Phi) is 6.77. The van der Waals surface area contributed by atoms with Gasteiger partial charge in [0.05, 0.1) is 17.6 Å². The quantitative estimate of drug-likeness (QED) is 0.556. The summed E-state index contributed by atoms with van der Waals surface area (Å²) in [5.74, 6) is -0.268. The highest BCUT2D eigenvalue weighted by atomic mass is 35.5. The predicted molar refractivity (Wildman–Crippen MR) is 126 cm³/mol. The van der Waals surface area contributed by atoms with Gasteiger partial charge in [0.25, 0.3) is 0 Å². The Balaban J connectivity index is 1.61. The zero-order valence-electron chi connectivity index (χ0n) is 18.1. The third-order valence-electron chi connectivity index (χ3n) is 6.13. The van der Waals surface area contributed by atoms with Crippen molar-refractivity contribution >= 4 is 28.5 Å². The van der Waals surface area contributed by atoms with Crippen molar-refractivity contribution in [1.29, 1.82) is 0 Å². The zero-order valence-corrected chi connectivity index (χ0v) is 18.8. The van der Waals surface area contributed by atoms with Crippen LogP contribution >= 0.6 is 11.6 Å². The number of hydrogen-bond donors (Lipinski definition) is 1. The lowest BCUT2D eigenvalue weighted by Crippen LogP contribution is -2.45. The standard InChI is InChI=1S/C24H27ClN4O3/c1-2-27-13-5-6-19(27)14-26-22(30)16-29-21-8-4-3-7-20(21)28(23(31)24(29)32)15-17-9-11-18(25)12-10-17/h3-4,7-12,19H,2,5-6,13-16H2,1H3,(H,26,30)/t19-/m1/s1. The first kappa shape index (κ1) is 22.3. The van der Waals surface area contributed by atoms with Gasteiger partial charge in [-0.1, -0.05) is 42.8 Å². The van der Waals surface area contributed by atoms with Crippen LogP contribution in [-0.2, 0) is 17.9 Å². The van der Waals surface area contributed by atoms with E-state index >= 15 is 0 Å². The van der Waals surface area contributed by atoms with Gasteiger partial charge in [0.15, 0.2) is 0 Å². The number of rotatable bonds is 7. The molecule has 2 aromatic carbocycles. The van der Waals surface area contributed by atoms with Crippen molar-refractivity contribution in [2.45, 2.75) is 38.9 Å². The number of amides is 1. The number of halogens is 1. The topological polar surface area (TPSA) is 76.3 Å². The lowest BCUT2D eigenvalue weighted by atomic mass is 10.2. The maximum absolute atomic E-state index is 13.0. The second-order valence-electron chi connectivity index (χ2n) is 8.13.